The molecule has 2 N–H and O–H groups in total. The fraction of sp³-hybridized carbons (Fsp3) is 0.433. The maximum atomic E-state index is 12.7. The van der Waals surface area contributed by atoms with Crippen LogP contribution in [0.25, 0.3) is 0 Å². The summed E-state index contributed by atoms with van der Waals surface area (Å²) < 4.78 is 8.18. The molecule has 200 valence electrons. The third-order valence-electron chi connectivity index (χ3n) is 7.57. The van der Waals surface area contributed by atoms with Gasteiger partial charge in [-0.25, -0.2) is 0 Å². The van der Waals surface area contributed by atoms with Crippen LogP contribution in [-0.4, -0.2) is 27.7 Å². The molecule has 1 aromatic carbocycles. The first-order valence-electron chi connectivity index (χ1n) is 13.4. The van der Waals surface area contributed by atoms with E-state index in [-0.39, 0.29) is 18.0 Å². The first-order valence-corrected chi connectivity index (χ1v) is 13.9. The van der Waals surface area contributed by atoms with Gasteiger partial charge in [0.1, 0.15) is 11.8 Å². The molecule has 1 amide bonds. The van der Waals surface area contributed by atoms with Crippen molar-refractivity contribution in [3.63, 3.8) is 0 Å². The van der Waals surface area contributed by atoms with Crippen LogP contribution in [0.4, 0.5) is 11.4 Å². The smallest absolute Gasteiger partial charge is 0.229 e. The third kappa shape index (κ3) is 5.14. The van der Waals surface area contributed by atoms with Crippen molar-refractivity contribution in [1.82, 2.24) is 14.9 Å². The molecule has 2 fully saturated rings. The van der Waals surface area contributed by atoms with Gasteiger partial charge in [0.15, 0.2) is 5.11 Å². The summed E-state index contributed by atoms with van der Waals surface area (Å²) >= 11 is 5.95. The molecule has 0 bridgehead atoms. The molecule has 38 heavy (non-hydrogen) atoms. The lowest BCUT2D eigenvalue weighted by Crippen LogP contribution is -2.31. The Balaban J connectivity index is 1.56. The molecule has 3 aromatic rings. The lowest BCUT2D eigenvalue weighted by molar-refractivity contribution is -0.123. The first-order chi connectivity index (χ1) is 18.3. The van der Waals surface area contributed by atoms with Crippen molar-refractivity contribution in [1.29, 1.82) is 0 Å². The molecule has 2 aliphatic rings. The molecule has 1 saturated heterocycles. The second-order valence-corrected chi connectivity index (χ2v) is 11.6. The second-order valence-electron chi connectivity index (χ2n) is 11.2. The van der Waals surface area contributed by atoms with Crippen LogP contribution < -0.4 is 20.3 Å². The van der Waals surface area contributed by atoms with Gasteiger partial charge in [0.05, 0.1) is 24.5 Å². The van der Waals surface area contributed by atoms with Crippen molar-refractivity contribution in [2.24, 2.45) is 5.41 Å². The number of nitrogens with zero attached hydrogens (tertiary/aromatic N) is 3. The van der Waals surface area contributed by atoms with E-state index in [1.54, 1.807) is 7.11 Å². The minimum atomic E-state index is -0.518. The number of hydrogen-bond acceptors (Lipinski definition) is 4. The van der Waals surface area contributed by atoms with E-state index in [1.807, 2.05) is 57.3 Å². The Bertz CT molecular complexity index is 1290. The number of carbonyl (C=O) groups is 1. The Kier molecular flexibility index (Phi) is 7.43. The van der Waals surface area contributed by atoms with Gasteiger partial charge in [-0.05, 0) is 61.5 Å². The Morgan fingerprint density at radius 3 is 2.58 bits per heavy atom. The van der Waals surface area contributed by atoms with Crippen LogP contribution in [0.3, 0.4) is 0 Å². The highest BCUT2D eigenvalue weighted by Crippen LogP contribution is 2.45. The predicted octanol–water partition coefficient (Wildman–Crippen LogP) is 6.56. The van der Waals surface area contributed by atoms with Gasteiger partial charge in [-0.15, -0.1) is 0 Å². The highest BCUT2D eigenvalue weighted by molar-refractivity contribution is 7.80. The van der Waals surface area contributed by atoms with E-state index < -0.39 is 5.41 Å². The molecule has 1 saturated carbocycles. The van der Waals surface area contributed by atoms with Crippen LogP contribution in [-0.2, 0) is 4.79 Å². The van der Waals surface area contributed by atoms with Crippen molar-refractivity contribution in [3.05, 3.63) is 72.3 Å². The van der Waals surface area contributed by atoms with Crippen molar-refractivity contribution >= 4 is 34.6 Å². The van der Waals surface area contributed by atoms with E-state index in [1.165, 1.54) is 37.8 Å². The number of aromatic nitrogens is 2. The van der Waals surface area contributed by atoms with Gasteiger partial charge in [0.2, 0.25) is 5.91 Å². The van der Waals surface area contributed by atoms with Gasteiger partial charge >= 0.3 is 0 Å². The maximum Gasteiger partial charge on any atom is 0.229 e. The predicted molar refractivity (Wildman–Crippen MR) is 156 cm³/mol. The lowest BCUT2D eigenvalue weighted by atomic mass is 9.94. The van der Waals surface area contributed by atoms with Crippen molar-refractivity contribution < 1.29 is 9.53 Å². The Morgan fingerprint density at radius 2 is 1.89 bits per heavy atom. The molecule has 0 spiro atoms. The number of nitrogens with one attached hydrogen (secondary N) is 2. The van der Waals surface area contributed by atoms with Crippen LogP contribution in [0.15, 0.2) is 60.9 Å². The van der Waals surface area contributed by atoms with Gasteiger partial charge < -0.3 is 24.8 Å². The second kappa shape index (κ2) is 10.8. The summed E-state index contributed by atoms with van der Waals surface area (Å²) in [5.74, 6) is 0.519. The van der Waals surface area contributed by atoms with E-state index in [0.717, 1.165) is 11.4 Å². The lowest BCUT2D eigenvalue weighted by Gasteiger charge is -2.32. The fourth-order valence-electron chi connectivity index (χ4n) is 5.53. The molecule has 1 aliphatic heterocycles. The average molecular weight is 532 g/mol. The van der Waals surface area contributed by atoms with Crippen LogP contribution >= 0.6 is 12.2 Å². The van der Waals surface area contributed by atoms with E-state index >= 15 is 0 Å². The van der Waals surface area contributed by atoms with Crippen molar-refractivity contribution in [2.45, 2.75) is 71.0 Å². The Hall–Kier alpha value is -3.39. The molecule has 0 radical (unpaired) electrons. The normalized spacial score (nSPS) is 20.3. The van der Waals surface area contributed by atoms with E-state index in [0.29, 0.717) is 22.6 Å². The van der Waals surface area contributed by atoms with Crippen LogP contribution in [0.2, 0.25) is 0 Å². The van der Waals surface area contributed by atoms with Crippen LogP contribution in [0.5, 0.6) is 5.75 Å². The maximum absolute atomic E-state index is 12.7. The molecule has 5 rings (SSSR count). The summed E-state index contributed by atoms with van der Waals surface area (Å²) in [5.41, 5.74) is 3.17. The molecule has 3 heterocycles. The number of anilines is 2. The first kappa shape index (κ1) is 26.2. The molecular weight excluding hydrogens is 494 g/mol. The van der Waals surface area contributed by atoms with Crippen LogP contribution in [0.1, 0.15) is 82.4 Å². The average Bonchev–Trinajstić information content (AvgIpc) is 3.53. The summed E-state index contributed by atoms with van der Waals surface area (Å²) in [6, 6.07) is 16.5. The van der Waals surface area contributed by atoms with Gasteiger partial charge in [-0.2, -0.15) is 0 Å². The highest BCUT2D eigenvalue weighted by atomic mass is 32.1. The highest BCUT2D eigenvalue weighted by Gasteiger charge is 2.42. The van der Waals surface area contributed by atoms with Gasteiger partial charge in [-0.3, -0.25) is 9.78 Å². The summed E-state index contributed by atoms with van der Waals surface area (Å²) in [6.07, 6.45) is 10.3. The number of amides is 1. The minimum Gasteiger partial charge on any atom is -0.494 e. The molecular formula is C30H37N5O2S. The SMILES string of the molecule is COc1cc(N2C(=S)N[C@H](c3ccccn3)[C@H]2c2cccn2C2CCCCC2)ccc1NC(=O)C(C)(C)C. The number of thiocarbonyl (C=S) groups is 1. The largest absolute Gasteiger partial charge is 0.494 e. The van der Waals surface area contributed by atoms with E-state index in [9.17, 15) is 4.79 Å². The van der Waals surface area contributed by atoms with Crippen molar-refractivity contribution in [3.8, 4) is 5.75 Å². The topological polar surface area (TPSA) is 71.4 Å². The molecule has 1 aliphatic carbocycles. The van der Waals surface area contributed by atoms with E-state index in [2.05, 4.69) is 44.5 Å². The summed E-state index contributed by atoms with van der Waals surface area (Å²) in [7, 11) is 1.62. The number of methoxy groups -OCH3 is 1. The zero-order valence-electron chi connectivity index (χ0n) is 22.6. The Labute approximate surface area is 230 Å². The van der Waals surface area contributed by atoms with Crippen LogP contribution in [0, 0.1) is 5.41 Å². The standard InChI is InChI=1S/C30H37N5O2S/c1-30(2,3)28(36)32-22-16-15-21(19-25(22)37-4)35-27(26(33-29(35)38)23-13-8-9-17-31-23)24-14-10-18-34(24)20-11-6-5-7-12-20/h8-10,13-20,26-27H,5-7,11-12H2,1-4H3,(H,32,36)(H,33,38)/t26-,27-/m1/s1. The summed E-state index contributed by atoms with van der Waals surface area (Å²) in [5, 5.41) is 7.21. The minimum absolute atomic E-state index is 0.0692. The molecule has 7 nitrogen and oxygen atoms in total. The zero-order valence-corrected chi connectivity index (χ0v) is 23.4. The third-order valence-corrected chi connectivity index (χ3v) is 7.89. The molecule has 8 heteroatoms. The Morgan fingerprint density at radius 1 is 1.11 bits per heavy atom. The van der Waals surface area contributed by atoms with Crippen molar-refractivity contribution in [2.75, 3.05) is 17.3 Å². The molecule has 2 aromatic heterocycles. The summed E-state index contributed by atoms with van der Waals surface area (Å²) in [4.78, 5) is 19.5. The fourth-order valence-corrected chi connectivity index (χ4v) is 5.87. The number of benzene rings is 1. The number of carbonyl (C=O) groups excluding carboxylic acids is 1. The molecule has 0 unspecified atom stereocenters. The number of ether oxygens (including phenoxy) is 1. The number of hydrogen-bond donors (Lipinski definition) is 2. The van der Waals surface area contributed by atoms with E-state index in [4.69, 9.17) is 21.9 Å². The monoisotopic (exact) mass is 531 g/mol. The van der Waals surface area contributed by atoms with Gasteiger partial charge in [-0.1, -0.05) is 46.1 Å². The zero-order chi connectivity index (χ0) is 26.9. The number of pyridine rings is 1. The quantitative estimate of drug-likeness (QED) is 0.351. The number of rotatable bonds is 6. The van der Waals surface area contributed by atoms with Gasteiger partial charge in [0.25, 0.3) is 0 Å². The molecule has 2 atom stereocenters. The van der Waals surface area contributed by atoms with Gasteiger partial charge in [0, 0.05) is 41.3 Å². The summed E-state index contributed by atoms with van der Waals surface area (Å²) in [6.45, 7) is 5.67.